The zero-order valence-electron chi connectivity index (χ0n) is 15.8. The van der Waals surface area contributed by atoms with Crippen LogP contribution in [0.15, 0.2) is 22.8 Å². The van der Waals surface area contributed by atoms with Crippen molar-refractivity contribution in [3.05, 3.63) is 39.6 Å². The summed E-state index contributed by atoms with van der Waals surface area (Å²) < 4.78 is 40.2. The molecule has 1 aliphatic rings. The Hall–Kier alpha value is -1.58. The van der Waals surface area contributed by atoms with Gasteiger partial charge in [-0.1, -0.05) is 0 Å². The molecule has 2 aromatic heterocycles. The van der Waals surface area contributed by atoms with Crippen LogP contribution >= 0.6 is 15.9 Å². The van der Waals surface area contributed by atoms with Gasteiger partial charge in [0.15, 0.2) is 0 Å². The predicted molar refractivity (Wildman–Crippen MR) is 104 cm³/mol. The van der Waals surface area contributed by atoms with Crippen LogP contribution in [0, 0.1) is 6.92 Å². The molecule has 28 heavy (non-hydrogen) atoms. The van der Waals surface area contributed by atoms with Crippen molar-refractivity contribution in [2.24, 2.45) is 0 Å². The average Bonchev–Trinajstić information content (AvgIpc) is 2.98. The summed E-state index contributed by atoms with van der Waals surface area (Å²) >= 11 is 3.45. The number of aromatic carboxylic acids is 1. The van der Waals surface area contributed by atoms with Gasteiger partial charge in [-0.15, -0.1) is 0 Å². The van der Waals surface area contributed by atoms with Gasteiger partial charge in [0, 0.05) is 60.6 Å². The monoisotopic (exact) mass is 461 g/mol. The smallest absolute Gasteiger partial charge is 0.390 e. The van der Waals surface area contributed by atoms with Crippen molar-refractivity contribution >= 4 is 27.4 Å². The number of hydrogen-bond donors (Lipinski definition) is 1. The van der Waals surface area contributed by atoms with Crippen molar-refractivity contribution in [2.45, 2.75) is 32.5 Å². The number of hydrogen-bond acceptors (Lipinski definition) is 3. The highest BCUT2D eigenvalue weighted by atomic mass is 79.9. The Labute approximate surface area is 169 Å². The van der Waals surface area contributed by atoms with Gasteiger partial charge < -0.3 is 14.4 Å². The summed E-state index contributed by atoms with van der Waals surface area (Å²) in [5, 5.41) is 9.57. The molecule has 154 valence electrons. The van der Waals surface area contributed by atoms with Crippen molar-refractivity contribution in [2.75, 3.05) is 32.7 Å². The zero-order chi connectivity index (χ0) is 20.6. The number of carboxylic acids is 1. The Morgan fingerprint density at radius 1 is 1.25 bits per heavy atom. The van der Waals surface area contributed by atoms with E-state index in [4.69, 9.17) is 0 Å². The molecule has 9 heteroatoms. The first-order chi connectivity index (χ1) is 13.1. The highest BCUT2D eigenvalue weighted by Gasteiger charge is 2.30. The Bertz CT molecular complexity index is 873. The first kappa shape index (κ1) is 21.1. The number of carbonyl (C=O) groups is 1. The Morgan fingerprint density at radius 3 is 2.46 bits per heavy atom. The molecular formula is C19H23BrF3N3O2. The first-order valence-corrected chi connectivity index (χ1v) is 9.93. The van der Waals surface area contributed by atoms with Crippen LogP contribution in [-0.2, 0) is 0 Å². The van der Waals surface area contributed by atoms with E-state index in [2.05, 4.69) is 20.8 Å². The number of carboxylic acid groups (broad SMARTS) is 1. The van der Waals surface area contributed by atoms with E-state index in [1.54, 1.807) is 6.07 Å². The van der Waals surface area contributed by atoms with Crippen molar-refractivity contribution in [3.63, 3.8) is 0 Å². The second kappa shape index (κ2) is 8.04. The molecule has 2 aromatic rings. The molecule has 1 aliphatic heterocycles. The third-order valence-electron chi connectivity index (χ3n) is 5.45. The zero-order valence-corrected chi connectivity index (χ0v) is 17.3. The van der Waals surface area contributed by atoms with Gasteiger partial charge in [-0.05, 0) is 47.5 Å². The summed E-state index contributed by atoms with van der Waals surface area (Å²) in [6.07, 6.45) is -3.01. The van der Waals surface area contributed by atoms with Crippen molar-refractivity contribution in [3.8, 4) is 0 Å². The minimum absolute atomic E-state index is 0.0219. The van der Waals surface area contributed by atoms with Gasteiger partial charge in [0.25, 0.3) is 0 Å². The molecule has 0 saturated carbocycles. The summed E-state index contributed by atoms with van der Waals surface area (Å²) in [6.45, 7) is 6.26. The molecule has 5 nitrogen and oxygen atoms in total. The molecule has 1 unspecified atom stereocenters. The third-order valence-corrected chi connectivity index (χ3v) is 5.88. The van der Waals surface area contributed by atoms with Gasteiger partial charge in [0.05, 0.1) is 12.0 Å². The second-order valence-corrected chi connectivity index (χ2v) is 8.16. The van der Waals surface area contributed by atoms with E-state index < -0.39 is 18.6 Å². The molecule has 0 spiro atoms. The number of aromatic nitrogens is 1. The maximum Gasteiger partial charge on any atom is 0.390 e. The second-order valence-electron chi connectivity index (χ2n) is 7.25. The molecule has 1 saturated heterocycles. The number of pyridine rings is 1. The first-order valence-electron chi connectivity index (χ1n) is 9.14. The van der Waals surface area contributed by atoms with Crippen LogP contribution in [0.5, 0.6) is 0 Å². The SMILES string of the molecule is Cc1c(C(=O)O)cc2cc(Br)cn2c1C(C)N1CCN(CCC(F)(F)F)CC1. The summed E-state index contributed by atoms with van der Waals surface area (Å²) in [5.74, 6) is -0.970. The van der Waals surface area contributed by atoms with Crippen molar-refractivity contribution in [1.82, 2.24) is 14.2 Å². The largest absolute Gasteiger partial charge is 0.478 e. The van der Waals surface area contributed by atoms with E-state index >= 15 is 0 Å². The van der Waals surface area contributed by atoms with Crippen molar-refractivity contribution in [1.29, 1.82) is 0 Å². The molecule has 3 heterocycles. The number of nitrogens with zero attached hydrogens (tertiary/aromatic N) is 3. The molecule has 0 amide bonds. The lowest BCUT2D eigenvalue weighted by atomic mass is 10.0. The number of alkyl halides is 3. The van der Waals surface area contributed by atoms with E-state index in [1.807, 2.05) is 35.4 Å². The highest BCUT2D eigenvalue weighted by molar-refractivity contribution is 9.10. The van der Waals surface area contributed by atoms with Crippen LogP contribution in [0.25, 0.3) is 5.52 Å². The molecular weight excluding hydrogens is 439 g/mol. The van der Waals surface area contributed by atoms with E-state index in [1.165, 1.54) is 0 Å². The van der Waals surface area contributed by atoms with Gasteiger partial charge in [-0.2, -0.15) is 13.2 Å². The summed E-state index contributed by atoms with van der Waals surface area (Å²) in [7, 11) is 0. The lowest BCUT2D eigenvalue weighted by Crippen LogP contribution is -2.48. The predicted octanol–water partition coefficient (Wildman–Crippen LogP) is 4.34. The van der Waals surface area contributed by atoms with E-state index in [0.29, 0.717) is 31.7 Å². The minimum atomic E-state index is -4.13. The molecule has 1 N–H and O–H groups in total. The topological polar surface area (TPSA) is 48.2 Å². The fraction of sp³-hybridized carbons (Fsp3) is 0.526. The standard InChI is InChI=1S/C19H23BrF3N3O2/c1-12-16(18(27)28)10-15-9-14(20)11-26(15)17(12)13(2)25-7-5-24(6-8-25)4-3-19(21,22)23/h9-11,13H,3-8H2,1-2H3,(H,27,28). The number of piperazine rings is 1. The maximum absolute atomic E-state index is 12.4. The van der Waals surface area contributed by atoms with Crippen LogP contribution in [-0.4, -0.2) is 64.2 Å². The fourth-order valence-electron chi connectivity index (χ4n) is 3.91. The summed E-state index contributed by atoms with van der Waals surface area (Å²) in [6, 6.07) is 3.47. The van der Waals surface area contributed by atoms with Crippen LogP contribution in [0.1, 0.15) is 41.0 Å². The quantitative estimate of drug-likeness (QED) is 0.719. The Kier molecular flexibility index (Phi) is 6.07. The molecule has 0 aliphatic carbocycles. The van der Waals surface area contributed by atoms with Gasteiger partial charge in [0.2, 0.25) is 0 Å². The maximum atomic E-state index is 12.4. The summed E-state index contributed by atoms with van der Waals surface area (Å²) in [5.41, 5.74) is 2.66. The van der Waals surface area contributed by atoms with Crippen molar-refractivity contribution < 1.29 is 23.1 Å². The lowest BCUT2D eigenvalue weighted by Gasteiger charge is -2.39. The summed E-state index contributed by atoms with van der Waals surface area (Å²) in [4.78, 5) is 15.7. The molecule has 0 bridgehead atoms. The van der Waals surface area contributed by atoms with Crippen LogP contribution in [0.4, 0.5) is 13.2 Å². The normalized spacial score (nSPS) is 17.9. The molecule has 3 rings (SSSR count). The molecule has 1 fully saturated rings. The van der Waals surface area contributed by atoms with Crippen LogP contribution < -0.4 is 0 Å². The van der Waals surface area contributed by atoms with Gasteiger partial charge in [-0.25, -0.2) is 4.79 Å². The number of rotatable bonds is 5. The van der Waals surface area contributed by atoms with E-state index in [0.717, 1.165) is 15.7 Å². The fourth-order valence-corrected chi connectivity index (χ4v) is 4.35. The van der Waals surface area contributed by atoms with Gasteiger partial charge in [0.1, 0.15) is 0 Å². The highest BCUT2D eigenvalue weighted by Crippen LogP contribution is 2.31. The molecule has 0 radical (unpaired) electrons. The molecule has 0 aromatic carbocycles. The van der Waals surface area contributed by atoms with Crippen LogP contribution in [0.2, 0.25) is 0 Å². The lowest BCUT2D eigenvalue weighted by molar-refractivity contribution is -0.138. The van der Waals surface area contributed by atoms with E-state index in [9.17, 15) is 23.1 Å². The Balaban J connectivity index is 1.81. The van der Waals surface area contributed by atoms with Gasteiger partial charge in [-0.3, -0.25) is 4.90 Å². The number of halogens is 4. The Morgan fingerprint density at radius 2 is 1.89 bits per heavy atom. The van der Waals surface area contributed by atoms with Gasteiger partial charge >= 0.3 is 12.1 Å². The van der Waals surface area contributed by atoms with Crippen LogP contribution in [0.3, 0.4) is 0 Å². The minimum Gasteiger partial charge on any atom is -0.478 e. The third kappa shape index (κ3) is 4.52. The molecule has 1 atom stereocenters. The van der Waals surface area contributed by atoms with E-state index in [-0.39, 0.29) is 18.2 Å². The average molecular weight is 462 g/mol. The number of fused-ring (bicyclic) bond motifs is 1.